The molecule has 29 heavy (non-hydrogen) atoms. The number of nitrogens with zero attached hydrogens (tertiary/aromatic N) is 4. The third kappa shape index (κ3) is 6.32. The number of guanidine groups is 1. The van der Waals surface area contributed by atoms with Crippen molar-refractivity contribution in [2.75, 3.05) is 57.3 Å². The number of anilines is 1. The van der Waals surface area contributed by atoms with Crippen LogP contribution < -0.4 is 15.5 Å². The Balaban J connectivity index is 1.40. The molecule has 2 aliphatic rings. The number of hydrogen-bond donors (Lipinski definition) is 2. The second kappa shape index (κ2) is 10.4. The number of amides is 1. The molecule has 2 saturated heterocycles. The van der Waals surface area contributed by atoms with Crippen LogP contribution >= 0.6 is 0 Å². The summed E-state index contributed by atoms with van der Waals surface area (Å²) in [4.78, 5) is 25.8. The molecule has 1 unspecified atom stereocenters. The Bertz CT molecular complexity index is 667. The number of rotatable bonds is 7. The molecule has 0 radical (unpaired) electrons. The van der Waals surface area contributed by atoms with Crippen LogP contribution in [0.4, 0.5) is 5.82 Å². The molecule has 0 spiro atoms. The van der Waals surface area contributed by atoms with Crippen LogP contribution in [-0.2, 0) is 9.53 Å². The monoisotopic (exact) mass is 402 g/mol. The lowest BCUT2D eigenvalue weighted by Crippen LogP contribution is -2.49. The molecule has 3 heterocycles. The van der Waals surface area contributed by atoms with E-state index in [4.69, 9.17) is 4.74 Å². The van der Waals surface area contributed by atoms with Gasteiger partial charge in [0.05, 0.1) is 12.1 Å². The van der Waals surface area contributed by atoms with E-state index in [2.05, 4.69) is 32.4 Å². The van der Waals surface area contributed by atoms with E-state index in [1.807, 2.05) is 30.0 Å². The highest BCUT2D eigenvalue weighted by Gasteiger charge is 2.29. The Morgan fingerprint density at radius 3 is 2.76 bits per heavy atom. The molecule has 1 atom stereocenters. The summed E-state index contributed by atoms with van der Waals surface area (Å²) in [5.74, 6) is 1.91. The van der Waals surface area contributed by atoms with Gasteiger partial charge in [0.25, 0.3) is 0 Å². The summed E-state index contributed by atoms with van der Waals surface area (Å²) in [5.41, 5.74) is -0.161. The largest absolute Gasteiger partial charge is 0.373 e. The lowest BCUT2D eigenvalue weighted by molar-refractivity contribution is -0.131. The first-order chi connectivity index (χ1) is 14.1. The number of pyridine rings is 1. The summed E-state index contributed by atoms with van der Waals surface area (Å²) in [5, 5.41) is 6.53. The average Bonchev–Trinajstić information content (AvgIpc) is 3.19. The summed E-state index contributed by atoms with van der Waals surface area (Å²) >= 11 is 0. The van der Waals surface area contributed by atoms with E-state index in [9.17, 15) is 4.79 Å². The maximum atomic E-state index is 12.6. The summed E-state index contributed by atoms with van der Waals surface area (Å²) in [6.45, 7) is 10.1. The molecular formula is C21H34N6O2. The number of hydrogen-bond acceptors (Lipinski definition) is 5. The first kappa shape index (κ1) is 21.4. The zero-order valence-corrected chi connectivity index (χ0v) is 17.7. The molecule has 1 aromatic rings. The number of nitrogens with one attached hydrogen (secondary N) is 2. The Labute approximate surface area is 173 Å². The van der Waals surface area contributed by atoms with Crippen LogP contribution in [0, 0.1) is 0 Å². The van der Waals surface area contributed by atoms with Crippen LogP contribution in [0.25, 0.3) is 0 Å². The Morgan fingerprint density at radius 2 is 2.10 bits per heavy atom. The second-order valence-corrected chi connectivity index (χ2v) is 7.83. The molecule has 0 aliphatic carbocycles. The number of piperazine rings is 1. The molecule has 1 aromatic heterocycles. The van der Waals surface area contributed by atoms with Gasteiger partial charge >= 0.3 is 0 Å². The van der Waals surface area contributed by atoms with E-state index in [0.717, 1.165) is 63.9 Å². The Morgan fingerprint density at radius 1 is 1.28 bits per heavy atom. The smallest absolute Gasteiger partial charge is 0.224 e. The molecule has 2 N–H and O–H groups in total. The first-order valence-corrected chi connectivity index (χ1v) is 10.7. The van der Waals surface area contributed by atoms with E-state index < -0.39 is 0 Å². The van der Waals surface area contributed by atoms with Gasteiger partial charge in [0.15, 0.2) is 5.96 Å². The normalized spacial score (nSPS) is 22.6. The van der Waals surface area contributed by atoms with Gasteiger partial charge in [-0.15, -0.1) is 0 Å². The minimum Gasteiger partial charge on any atom is -0.373 e. The van der Waals surface area contributed by atoms with Crippen molar-refractivity contribution in [2.45, 2.75) is 38.7 Å². The summed E-state index contributed by atoms with van der Waals surface area (Å²) in [7, 11) is 0. The lowest BCUT2D eigenvalue weighted by Gasteiger charge is -2.35. The predicted molar refractivity (Wildman–Crippen MR) is 115 cm³/mol. The number of ether oxygens (including phenoxy) is 1. The van der Waals surface area contributed by atoms with Gasteiger partial charge in [-0.2, -0.15) is 0 Å². The molecular weight excluding hydrogens is 368 g/mol. The lowest BCUT2D eigenvalue weighted by atomic mass is 10.0. The van der Waals surface area contributed by atoms with Crippen LogP contribution in [0.5, 0.6) is 0 Å². The second-order valence-electron chi connectivity index (χ2n) is 7.83. The predicted octanol–water partition coefficient (Wildman–Crippen LogP) is 1.24. The van der Waals surface area contributed by atoms with Crippen LogP contribution in [0.15, 0.2) is 29.4 Å². The zero-order valence-electron chi connectivity index (χ0n) is 17.7. The molecule has 8 nitrogen and oxygen atoms in total. The summed E-state index contributed by atoms with van der Waals surface area (Å²) in [6, 6.07) is 5.93. The minimum absolute atomic E-state index is 0.161. The molecule has 2 fully saturated rings. The van der Waals surface area contributed by atoms with E-state index >= 15 is 0 Å². The topological polar surface area (TPSA) is 82.1 Å². The molecule has 160 valence electrons. The summed E-state index contributed by atoms with van der Waals surface area (Å²) < 4.78 is 5.80. The molecule has 0 saturated carbocycles. The van der Waals surface area contributed by atoms with Crippen LogP contribution in [0.2, 0.25) is 0 Å². The fraction of sp³-hybridized carbons (Fsp3) is 0.667. The number of carbonyl (C=O) groups excluding carboxylic acids is 1. The van der Waals surface area contributed by atoms with Crippen molar-refractivity contribution in [1.82, 2.24) is 20.5 Å². The molecule has 8 heteroatoms. The number of carbonyl (C=O) groups is 1. The maximum Gasteiger partial charge on any atom is 0.224 e. The molecule has 3 rings (SSSR count). The maximum absolute atomic E-state index is 12.6. The Kier molecular flexibility index (Phi) is 7.69. The van der Waals surface area contributed by atoms with Crippen LogP contribution in [0.3, 0.4) is 0 Å². The SMILES string of the molecule is CCNC(=NCC1(C)CCCO1)NCCC(=O)N1CCN(c2ccccn2)CC1. The van der Waals surface area contributed by atoms with E-state index in [0.29, 0.717) is 19.5 Å². The highest BCUT2D eigenvalue weighted by Crippen LogP contribution is 2.25. The van der Waals surface area contributed by atoms with Gasteiger partial charge in [-0.3, -0.25) is 9.79 Å². The molecule has 0 bridgehead atoms. The third-order valence-corrected chi connectivity index (χ3v) is 5.45. The van der Waals surface area contributed by atoms with E-state index in [1.165, 1.54) is 0 Å². The first-order valence-electron chi connectivity index (χ1n) is 10.7. The highest BCUT2D eigenvalue weighted by atomic mass is 16.5. The van der Waals surface area contributed by atoms with Gasteiger partial charge in [-0.25, -0.2) is 4.98 Å². The zero-order chi connectivity index (χ0) is 20.5. The number of aliphatic imine (C=N–C) groups is 1. The standard InChI is InChI=1S/C21H34N6O2/c1-3-22-20(25-17-21(2)9-6-16-29-21)24-11-8-19(28)27-14-12-26(13-15-27)18-7-4-5-10-23-18/h4-5,7,10H,3,6,8-9,11-17H2,1-2H3,(H2,22,24,25). The van der Waals surface area contributed by atoms with Gasteiger partial charge < -0.3 is 25.2 Å². The van der Waals surface area contributed by atoms with Gasteiger partial charge in [-0.05, 0) is 38.8 Å². The van der Waals surface area contributed by atoms with Gasteiger partial charge in [0.2, 0.25) is 5.91 Å². The van der Waals surface area contributed by atoms with Crippen molar-refractivity contribution < 1.29 is 9.53 Å². The van der Waals surface area contributed by atoms with Crippen molar-refractivity contribution in [3.8, 4) is 0 Å². The number of aromatic nitrogens is 1. The van der Waals surface area contributed by atoms with Gasteiger partial charge in [0.1, 0.15) is 5.82 Å². The fourth-order valence-electron chi connectivity index (χ4n) is 3.72. The van der Waals surface area contributed by atoms with E-state index in [1.54, 1.807) is 6.20 Å². The minimum atomic E-state index is -0.161. The molecule has 2 aliphatic heterocycles. The molecule has 1 amide bonds. The highest BCUT2D eigenvalue weighted by molar-refractivity contribution is 5.81. The van der Waals surface area contributed by atoms with Gasteiger partial charge in [-0.1, -0.05) is 6.07 Å². The van der Waals surface area contributed by atoms with Gasteiger partial charge in [0, 0.05) is 58.5 Å². The van der Waals surface area contributed by atoms with Crippen molar-refractivity contribution in [3.05, 3.63) is 24.4 Å². The molecule has 0 aromatic carbocycles. The van der Waals surface area contributed by atoms with E-state index in [-0.39, 0.29) is 11.5 Å². The summed E-state index contributed by atoms with van der Waals surface area (Å²) in [6.07, 6.45) is 4.40. The third-order valence-electron chi connectivity index (χ3n) is 5.45. The van der Waals surface area contributed by atoms with Crippen molar-refractivity contribution in [3.63, 3.8) is 0 Å². The van der Waals surface area contributed by atoms with Crippen molar-refractivity contribution >= 4 is 17.7 Å². The van der Waals surface area contributed by atoms with Crippen LogP contribution in [-0.4, -0.2) is 79.8 Å². The Hall–Kier alpha value is -2.35. The van der Waals surface area contributed by atoms with Crippen molar-refractivity contribution in [1.29, 1.82) is 0 Å². The quantitative estimate of drug-likeness (QED) is 0.528. The average molecular weight is 403 g/mol. The fourth-order valence-corrected chi connectivity index (χ4v) is 3.72. The van der Waals surface area contributed by atoms with Crippen molar-refractivity contribution in [2.24, 2.45) is 4.99 Å². The van der Waals surface area contributed by atoms with Crippen LogP contribution in [0.1, 0.15) is 33.1 Å².